The fourth-order valence-corrected chi connectivity index (χ4v) is 2.05. The molecule has 2 aromatic rings. The minimum atomic E-state index is -1.33. The zero-order valence-corrected chi connectivity index (χ0v) is 12.6. The van der Waals surface area contributed by atoms with Gasteiger partial charge in [0.15, 0.2) is 0 Å². The van der Waals surface area contributed by atoms with Gasteiger partial charge in [0.25, 0.3) is 5.91 Å². The molecule has 0 fully saturated rings. The maximum absolute atomic E-state index is 12.9. The summed E-state index contributed by atoms with van der Waals surface area (Å²) in [5.41, 5.74) is -0.375. The monoisotopic (exact) mass is 352 g/mol. The maximum Gasteiger partial charge on any atom is 0.339 e. The van der Waals surface area contributed by atoms with Crippen LogP contribution in [0, 0.1) is 5.82 Å². The molecular formula is C15H10ClFN2O5. The van der Waals surface area contributed by atoms with Gasteiger partial charge < -0.3 is 15.5 Å². The first-order valence-corrected chi connectivity index (χ1v) is 6.79. The number of phenols is 1. The van der Waals surface area contributed by atoms with E-state index in [-0.39, 0.29) is 21.8 Å². The lowest BCUT2D eigenvalue weighted by Gasteiger charge is -2.09. The molecule has 9 heteroatoms. The van der Waals surface area contributed by atoms with E-state index < -0.39 is 29.5 Å². The summed E-state index contributed by atoms with van der Waals surface area (Å²) in [6.07, 6.45) is 0. The highest BCUT2D eigenvalue weighted by Gasteiger charge is 2.15. The number of carbonyl (C=O) groups is 3. The van der Waals surface area contributed by atoms with E-state index in [9.17, 15) is 23.9 Å². The van der Waals surface area contributed by atoms with Gasteiger partial charge in [0, 0.05) is 11.8 Å². The summed E-state index contributed by atoms with van der Waals surface area (Å²) in [5, 5.41) is 22.4. The summed E-state index contributed by atoms with van der Waals surface area (Å²) in [6, 6.07) is 5.46. The van der Waals surface area contributed by atoms with E-state index >= 15 is 0 Å². The second-order valence-electron chi connectivity index (χ2n) is 4.57. The van der Waals surface area contributed by atoms with Crippen LogP contribution in [0.3, 0.4) is 0 Å². The van der Waals surface area contributed by atoms with Gasteiger partial charge in [-0.05, 0) is 30.3 Å². The molecule has 0 aromatic heterocycles. The molecule has 2 aromatic carbocycles. The fourth-order valence-electron chi connectivity index (χ4n) is 1.80. The second kappa shape index (κ2) is 6.97. The molecular weight excluding hydrogens is 343 g/mol. The van der Waals surface area contributed by atoms with Crippen molar-refractivity contribution in [2.24, 2.45) is 0 Å². The number of amides is 3. The van der Waals surface area contributed by atoms with E-state index in [1.54, 1.807) is 0 Å². The summed E-state index contributed by atoms with van der Waals surface area (Å²) in [5.74, 6) is -3.36. The molecule has 0 heterocycles. The number of aromatic carboxylic acids is 1. The van der Waals surface area contributed by atoms with Gasteiger partial charge in [0.05, 0.1) is 10.6 Å². The smallest absolute Gasteiger partial charge is 0.339 e. The summed E-state index contributed by atoms with van der Waals surface area (Å²) < 4.78 is 12.9. The highest BCUT2D eigenvalue weighted by Crippen LogP contribution is 2.22. The van der Waals surface area contributed by atoms with Crippen LogP contribution in [-0.4, -0.2) is 28.1 Å². The molecule has 0 radical (unpaired) electrons. The molecule has 3 amide bonds. The Hall–Kier alpha value is -3.13. The quantitative estimate of drug-likeness (QED) is 0.678. The summed E-state index contributed by atoms with van der Waals surface area (Å²) >= 11 is 5.71. The fraction of sp³-hybridized carbons (Fsp3) is 0. The van der Waals surface area contributed by atoms with E-state index in [4.69, 9.17) is 16.7 Å². The normalized spacial score (nSPS) is 10.1. The lowest BCUT2D eigenvalue weighted by atomic mass is 10.2. The number of rotatable bonds is 3. The molecule has 0 saturated carbocycles. The standard InChI is InChI=1S/C15H10ClFN2O5/c16-11-5-7(17)1-3-9(11)13(21)19-15(24)18-8-2-4-10(14(22)23)12(20)6-8/h1-6,20H,(H,22,23)(H2,18,19,21,24). The molecule has 7 nitrogen and oxygen atoms in total. The average Bonchev–Trinajstić information content (AvgIpc) is 2.46. The van der Waals surface area contributed by atoms with Gasteiger partial charge in [0.2, 0.25) is 0 Å². The van der Waals surface area contributed by atoms with Gasteiger partial charge in [-0.1, -0.05) is 11.6 Å². The van der Waals surface area contributed by atoms with Crippen molar-refractivity contribution < 1.29 is 29.0 Å². The van der Waals surface area contributed by atoms with Gasteiger partial charge in [-0.15, -0.1) is 0 Å². The molecule has 0 atom stereocenters. The van der Waals surface area contributed by atoms with Crippen molar-refractivity contribution in [1.82, 2.24) is 5.32 Å². The Kier molecular flexibility index (Phi) is 5.00. The number of halogens is 2. The Morgan fingerprint density at radius 3 is 2.29 bits per heavy atom. The first-order chi connectivity index (χ1) is 11.3. The number of carbonyl (C=O) groups excluding carboxylic acids is 2. The number of urea groups is 1. The lowest BCUT2D eigenvalue weighted by Crippen LogP contribution is -2.34. The Morgan fingerprint density at radius 1 is 1.04 bits per heavy atom. The zero-order valence-electron chi connectivity index (χ0n) is 11.8. The molecule has 4 N–H and O–H groups in total. The van der Waals surface area contributed by atoms with Crippen molar-refractivity contribution in [2.75, 3.05) is 5.32 Å². The number of hydrogen-bond acceptors (Lipinski definition) is 4. The van der Waals surface area contributed by atoms with Crippen LogP contribution in [0.1, 0.15) is 20.7 Å². The van der Waals surface area contributed by atoms with Gasteiger partial charge in [-0.2, -0.15) is 0 Å². The van der Waals surface area contributed by atoms with Crippen LogP contribution in [0.4, 0.5) is 14.9 Å². The van der Waals surface area contributed by atoms with Crippen LogP contribution in [0.5, 0.6) is 5.75 Å². The molecule has 0 spiro atoms. The third-order valence-electron chi connectivity index (χ3n) is 2.89. The first-order valence-electron chi connectivity index (χ1n) is 6.41. The van der Waals surface area contributed by atoms with Gasteiger partial charge >= 0.3 is 12.0 Å². The third-order valence-corrected chi connectivity index (χ3v) is 3.20. The molecule has 0 aliphatic heterocycles. The second-order valence-corrected chi connectivity index (χ2v) is 4.98. The third kappa shape index (κ3) is 3.99. The molecule has 0 aliphatic carbocycles. The van der Waals surface area contributed by atoms with E-state index in [1.807, 2.05) is 5.32 Å². The SMILES string of the molecule is O=C(NC(=O)c1ccc(F)cc1Cl)Nc1ccc(C(=O)O)c(O)c1. The number of carboxylic acids is 1. The predicted molar refractivity (Wildman–Crippen MR) is 83.0 cm³/mol. The van der Waals surface area contributed by atoms with Crippen LogP contribution >= 0.6 is 11.6 Å². The highest BCUT2D eigenvalue weighted by molar-refractivity contribution is 6.34. The molecule has 2 rings (SSSR count). The molecule has 24 heavy (non-hydrogen) atoms. The molecule has 0 unspecified atom stereocenters. The van der Waals surface area contributed by atoms with E-state index in [0.29, 0.717) is 0 Å². The van der Waals surface area contributed by atoms with Crippen molar-refractivity contribution in [3.05, 3.63) is 58.4 Å². The predicted octanol–water partition coefficient (Wildman–Crippen LogP) is 2.84. The number of nitrogens with one attached hydrogen (secondary N) is 2. The number of benzene rings is 2. The maximum atomic E-state index is 12.9. The first kappa shape index (κ1) is 17.2. The van der Waals surface area contributed by atoms with Crippen LogP contribution in [0.2, 0.25) is 5.02 Å². The zero-order chi connectivity index (χ0) is 17.9. The molecule has 0 bridgehead atoms. The highest BCUT2D eigenvalue weighted by atomic mass is 35.5. The largest absolute Gasteiger partial charge is 0.507 e. The number of imide groups is 1. The van der Waals surface area contributed by atoms with E-state index in [1.165, 1.54) is 6.07 Å². The minimum Gasteiger partial charge on any atom is -0.507 e. The number of anilines is 1. The minimum absolute atomic E-state index is 0.0630. The van der Waals surface area contributed by atoms with E-state index in [0.717, 1.165) is 30.3 Å². The van der Waals surface area contributed by atoms with Crippen molar-refractivity contribution in [3.63, 3.8) is 0 Å². The van der Waals surface area contributed by atoms with Gasteiger partial charge in [-0.3, -0.25) is 10.1 Å². The Balaban J connectivity index is 2.06. The number of hydrogen-bond donors (Lipinski definition) is 4. The van der Waals surface area contributed by atoms with Crippen LogP contribution in [0.15, 0.2) is 36.4 Å². The topological polar surface area (TPSA) is 116 Å². The van der Waals surface area contributed by atoms with Crippen LogP contribution in [-0.2, 0) is 0 Å². The van der Waals surface area contributed by atoms with Crippen LogP contribution < -0.4 is 10.6 Å². The average molecular weight is 353 g/mol. The van der Waals surface area contributed by atoms with Crippen molar-refractivity contribution in [1.29, 1.82) is 0 Å². The van der Waals surface area contributed by atoms with Gasteiger partial charge in [0.1, 0.15) is 17.1 Å². The lowest BCUT2D eigenvalue weighted by molar-refractivity contribution is 0.0693. The Morgan fingerprint density at radius 2 is 1.71 bits per heavy atom. The summed E-state index contributed by atoms with van der Waals surface area (Å²) in [6.45, 7) is 0. The Bertz CT molecular complexity index is 841. The van der Waals surface area contributed by atoms with Gasteiger partial charge in [-0.25, -0.2) is 14.0 Å². The van der Waals surface area contributed by atoms with Crippen LogP contribution in [0.25, 0.3) is 0 Å². The molecule has 0 aliphatic rings. The number of carboxylic acid groups (broad SMARTS) is 1. The summed E-state index contributed by atoms with van der Waals surface area (Å²) in [4.78, 5) is 34.4. The number of aromatic hydroxyl groups is 1. The van der Waals surface area contributed by atoms with Crippen molar-refractivity contribution >= 4 is 35.2 Å². The van der Waals surface area contributed by atoms with E-state index in [2.05, 4.69) is 5.32 Å². The summed E-state index contributed by atoms with van der Waals surface area (Å²) in [7, 11) is 0. The Labute approximate surface area is 139 Å². The van der Waals surface area contributed by atoms with Crippen molar-refractivity contribution in [2.45, 2.75) is 0 Å². The van der Waals surface area contributed by atoms with Crippen molar-refractivity contribution in [3.8, 4) is 5.75 Å². The molecule has 124 valence electrons. The molecule has 0 saturated heterocycles.